The van der Waals surface area contributed by atoms with Crippen molar-refractivity contribution < 1.29 is 9.59 Å². The lowest BCUT2D eigenvalue weighted by Gasteiger charge is -2.29. The van der Waals surface area contributed by atoms with Gasteiger partial charge in [0.05, 0.1) is 5.92 Å². The number of carbonyl (C=O) groups is 2. The Kier molecular flexibility index (Phi) is 6.22. The molecule has 1 atom stereocenters. The second-order valence-electron chi connectivity index (χ2n) is 8.28. The lowest BCUT2D eigenvalue weighted by Crippen LogP contribution is -2.42. The van der Waals surface area contributed by atoms with Crippen LogP contribution in [0.25, 0.3) is 0 Å². The standard InChI is InChI=1S/C20H31N3O2/c1-15-6-8-16(9-7-15)11-23-12-17(10-18(23)24)19(25)21-13-20(2,3)14-22(4)5/h6-9,17H,10-14H2,1-5H3,(H,21,25). The molecule has 1 heterocycles. The van der Waals surface area contributed by atoms with Crippen LogP contribution in [0, 0.1) is 18.3 Å². The maximum atomic E-state index is 12.5. The predicted octanol–water partition coefficient (Wildman–Crippen LogP) is 2.05. The van der Waals surface area contributed by atoms with E-state index in [4.69, 9.17) is 0 Å². The molecule has 5 heteroatoms. The summed E-state index contributed by atoms with van der Waals surface area (Å²) in [5.74, 6) is -0.187. The molecule has 1 aromatic rings. The zero-order valence-corrected chi connectivity index (χ0v) is 16.1. The zero-order valence-electron chi connectivity index (χ0n) is 16.1. The number of rotatable bonds is 7. The molecule has 0 saturated carbocycles. The largest absolute Gasteiger partial charge is 0.355 e. The highest BCUT2D eigenvalue weighted by atomic mass is 16.2. The van der Waals surface area contributed by atoms with Gasteiger partial charge in [-0.3, -0.25) is 9.59 Å². The molecule has 0 aliphatic carbocycles. The maximum absolute atomic E-state index is 12.5. The molecule has 1 unspecified atom stereocenters. The predicted molar refractivity (Wildman–Crippen MR) is 100 cm³/mol. The molecule has 25 heavy (non-hydrogen) atoms. The maximum Gasteiger partial charge on any atom is 0.225 e. The van der Waals surface area contributed by atoms with E-state index in [9.17, 15) is 9.59 Å². The van der Waals surface area contributed by atoms with Crippen molar-refractivity contribution in [2.45, 2.75) is 33.7 Å². The summed E-state index contributed by atoms with van der Waals surface area (Å²) in [4.78, 5) is 28.6. The van der Waals surface area contributed by atoms with E-state index < -0.39 is 0 Å². The number of nitrogens with zero attached hydrogens (tertiary/aromatic N) is 2. The summed E-state index contributed by atoms with van der Waals surface area (Å²) in [5, 5.41) is 3.04. The van der Waals surface area contributed by atoms with Crippen LogP contribution < -0.4 is 5.32 Å². The van der Waals surface area contributed by atoms with E-state index in [0.29, 0.717) is 26.1 Å². The fourth-order valence-corrected chi connectivity index (χ4v) is 3.40. The van der Waals surface area contributed by atoms with Gasteiger partial charge in [0.15, 0.2) is 0 Å². The first-order valence-electron chi connectivity index (χ1n) is 8.92. The van der Waals surface area contributed by atoms with Gasteiger partial charge in [0.2, 0.25) is 11.8 Å². The molecule has 1 N–H and O–H groups in total. The summed E-state index contributed by atoms with van der Waals surface area (Å²) in [6.45, 7) is 8.92. The van der Waals surface area contributed by atoms with Gasteiger partial charge in [0.1, 0.15) is 0 Å². The zero-order chi connectivity index (χ0) is 18.6. The smallest absolute Gasteiger partial charge is 0.225 e. The molecule has 1 aliphatic rings. The van der Waals surface area contributed by atoms with Gasteiger partial charge in [-0.1, -0.05) is 43.7 Å². The highest BCUT2D eigenvalue weighted by molar-refractivity contribution is 5.89. The molecule has 2 rings (SSSR count). The molecular formula is C20H31N3O2. The van der Waals surface area contributed by atoms with E-state index in [1.54, 1.807) is 4.90 Å². The van der Waals surface area contributed by atoms with E-state index in [1.165, 1.54) is 5.56 Å². The van der Waals surface area contributed by atoms with Gasteiger partial charge in [-0.05, 0) is 32.0 Å². The van der Waals surface area contributed by atoms with Crippen LogP contribution in [0.2, 0.25) is 0 Å². The summed E-state index contributed by atoms with van der Waals surface area (Å²) < 4.78 is 0. The Morgan fingerprint density at radius 3 is 2.52 bits per heavy atom. The average molecular weight is 345 g/mol. The highest BCUT2D eigenvalue weighted by Crippen LogP contribution is 2.21. The molecule has 138 valence electrons. The fourth-order valence-electron chi connectivity index (χ4n) is 3.40. The quantitative estimate of drug-likeness (QED) is 0.823. The fraction of sp³-hybridized carbons (Fsp3) is 0.600. The van der Waals surface area contributed by atoms with Crippen LogP contribution in [0.5, 0.6) is 0 Å². The van der Waals surface area contributed by atoms with Crippen molar-refractivity contribution in [1.82, 2.24) is 15.1 Å². The lowest BCUT2D eigenvalue weighted by atomic mass is 9.92. The van der Waals surface area contributed by atoms with Crippen LogP contribution in [0.1, 0.15) is 31.4 Å². The van der Waals surface area contributed by atoms with Crippen molar-refractivity contribution >= 4 is 11.8 Å². The summed E-state index contributed by atoms with van der Waals surface area (Å²) in [5.41, 5.74) is 2.31. The van der Waals surface area contributed by atoms with Crippen LogP contribution in [0.15, 0.2) is 24.3 Å². The Hall–Kier alpha value is -1.88. The first kappa shape index (κ1) is 19.4. The van der Waals surface area contributed by atoms with Crippen LogP contribution in [-0.2, 0) is 16.1 Å². The summed E-state index contributed by atoms with van der Waals surface area (Å²) >= 11 is 0. The van der Waals surface area contributed by atoms with Crippen LogP contribution in [0.4, 0.5) is 0 Å². The van der Waals surface area contributed by atoms with Gasteiger partial charge in [-0.2, -0.15) is 0 Å². The first-order valence-corrected chi connectivity index (χ1v) is 8.92. The number of aryl methyl sites for hydroxylation is 1. The number of hydrogen-bond acceptors (Lipinski definition) is 3. The van der Waals surface area contributed by atoms with Gasteiger partial charge >= 0.3 is 0 Å². The van der Waals surface area contributed by atoms with Gasteiger partial charge in [-0.15, -0.1) is 0 Å². The molecule has 1 aromatic carbocycles. The minimum atomic E-state index is -0.242. The Labute approximate surface area is 151 Å². The van der Waals surface area contributed by atoms with E-state index in [0.717, 1.165) is 12.1 Å². The second kappa shape index (κ2) is 8.00. The Morgan fingerprint density at radius 2 is 1.92 bits per heavy atom. The number of hydrogen-bond donors (Lipinski definition) is 1. The highest BCUT2D eigenvalue weighted by Gasteiger charge is 2.34. The molecule has 1 aliphatic heterocycles. The van der Waals surface area contributed by atoms with Crippen LogP contribution >= 0.6 is 0 Å². The SMILES string of the molecule is Cc1ccc(CN2CC(C(=O)NCC(C)(C)CN(C)C)CC2=O)cc1. The molecule has 0 radical (unpaired) electrons. The van der Waals surface area contributed by atoms with Gasteiger partial charge < -0.3 is 15.1 Å². The van der Waals surface area contributed by atoms with Gasteiger partial charge in [0.25, 0.3) is 0 Å². The van der Waals surface area contributed by atoms with Crippen molar-refractivity contribution in [1.29, 1.82) is 0 Å². The van der Waals surface area contributed by atoms with E-state index in [2.05, 4.69) is 24.1 Å². The van der Waals surface area contributed by atoms with Crippen molar-refractivity contribution in [2.24, 2.45) is 11.3 Å². The molecule has 0 aromatic heterocycles. The average Bonchev–Trinajstić information content (AvgIpc) is 2.87. The van der Waals surface area contributed by atoms with Crippen molar-refractivity contribution in [3.8, 4) is 0 Å². The number of nitrogens with one attached hydrogen (secondary N) is 1. The van der Waals surface area contributed by atoms with Crippen LogP contribution in [-0.4, -0.2) is 55.3 Å². The Balaban J connectivity index is 1.86. The molecule has 0 bridgehead atoms. The normalized spacial score (nSPS) is 18.1. The molecule has 5 nitrogen and oxygen atoms in total. The minimum absolute atomic E-state index is 0.00333. The third kappa shape index (κ3) is 5.85. The second-order valence-corrected chi connectivity index (χ2v) is 8.28. The molecule has 0 spiro atoms. The summed E-state index contributed by atoms with van der Waals surface area (Å²) in [6, 6.07) is 8.18. The number of carbonyl (C=O) groups excluding carboxylic acids is 2. The molecule has 1 fully saturated rings. The van der Waals surface area contributed by atoms with Gasteiger partial charge in [-0.25, -0.2) is 0 Å². The Morgan fingerprint density at radius 1 is 1.28 bits per heavy atom. The molecular weight excluding hydrogens is 314 g/mol. The van der Waals surface area contributed by atoms with Gasteiger partial charge in [0, 0.05) is 32.6 Å². The summed E-state index contributed by atoms with van der Waals surface area (Å²) in [6.07, 6.45) is 0.311. The molecule has 2 amide bonds. The first-order chi connectivity index (χ1) is 11.7. The minimum Gasteiger partial charge on any atom is -0.355 e. The third-order valence-electron chi connectivity index (χ3n) is 4.56. The van der Waals surface area contributed by atoms with E-state index in [1.807, 2.05) is 45.3 Å². The van der Waals surface area contributed by atoms with E-state index >= 15 is 0 Å². The molecule has 1 saturated heterocycles. The van der Waals surface area contributed by atoms with E-state index in [-0.39, 0.29) is 23.1 Å². The summed E-state index contributed by atoms with van der Waals surface area (Å²) in [7, 11) is 4.06. The van der Waals surface area contributed by atoms with Crippen molar-refractivity contribution in [2.75, 3.05) is 33.7 Å². The Bertz CT molecular complexity index is 608. The topological polar surface area (TPSA) is 52.7 Å². The monoisotopic (exact) mass is 345 g/mol. The number of benzene rings is 1. The number of amides is 2. The van der Waals surface area contributed by atoms with Crippen LogP contribution in [0.3, 0.4) is 0 Å². The van der Waals surface area contributed by atoms with Crippen molar-refractivity contribution in [3.63, 3.8) is 0 Å². The number of likely N-dealkylation sites (tertiary alicyclic amines) is 1. The lowest BCUT2D eigenvalue weighted by molar-refractivity contribution is -0.129. The van der Waals surface area contributed by atoms with Crippen molar-refractivity contribution in [3.05, 3.63) is 35.4 Å². The third-order valence-corrected chi connectivity index (χ3v) is 4.56.